The third-order valence-electron chi connectivity index (χ3n) is 2.07. The van der Waals surface area contributed by atoms with Crippen LogP contribution in [0.25, 0.3) is 0 Å². The first-order chi connectivity index (χ1) is 5.25. The summed E-state index contributed by atoms with van der Waals surface area (Å²) in [5, 5.41) is 0.00579. The third-order valence-corrected chi connectivity index (χ3v) is 2.61. The molecule has 0 radical (unpaired) electrons. The van der Waals surface area contributed by atoms with Crippen molar-refractivity contribution in [3.8, 4) is 0 Å². The highest BCUT2D eigenvalue weighted by Gasteiger charge is 2.39. The lowest BCUT2D eigenvalue weighted by Crippen LogP contribution is -2.49. The Balaban J connectivity index is 2.61. The van der Waals surface area contributed by atoms with Gasteiger partial charge in [0.1, 0.15) is 0 Å². The van der Waals surface area contributed by atoms with Crippen LogP contribution >= 0.6 is 12.6 Å². The average molecular weight is 178 g/mol. The SMILES string of the molecule is COC1(OC)CCOCC1S. The molecule has 0 bridgehead atoms. The topological polar surface area (TPSA) is 27.7 Å². The number of rotatable bonds is 2. The van der Waals surface area contributed by atoms with Crippen LogP contribution in [-0.4, -0.2) is 38.5 Å². The summed E-state index contributed by atoms with van der Waals surface area (Å²) in [5.74, 6) is -0.540. The molecule has 1 unspecified atom stereocenters. The lowest BCUT2D eigenvalue weighted by atomic mass is 10.1. The molecule has 1 saturated heterocycles. The normalized spacial score (nSPS) is 30.3. The maximum absolute atomic E-state index is 5.26. The van der Waals surface area contributed by atoms with E-state index >= 15 is 0 Å². The van der Waals surface area contributed by atoms with Crippen LogP contribution < -0.4 is 0 Å². The van der Waals surface area contributed by atoms with Crippen molar-refractivity contribution in [1.82, 2.24) is 0 Å². The van der Waals surface area contributed by atoms with Gasteiger partial charge in [0.15, 0.2) is 5.79 Å². The Kier molecular flexibility index (Phi) is 3.18. The largest absolute Gasteiger partial charge is 0.380 e. The van der Waals surface area contributed by atoms with Crippen LogP contribution in [0.5, 0.6) is 0 Å². The van der Waals surface area contributed by atoms with E-state index < -0.39 is 5.79 Å². The van der Waals surface area contributed by atoms with E-state index in [9.17, 15) is 0 Å². The summed E-state index contributed by atoms with van der Waals surface area (Å²) in [6, 6.07) is 0. The van der Waals surface area contributed by atoms with Gasteiger partial charge >= 0.3 is 0 Å². The van der Waals surface area contributed by atoms with Crippen LogP contribution in [-0.2, 0) is 14.2 Å². The van der Waals surface area contributed by atoms with Crippen LogP contribution in [0.15, 0.2) is 0 Å². The van der Waals surface area contributed by atoms with Crippen molar-refractivity contribution in [2.45, 2.75) is 17.5 Å². The summed E-state index contributed by atoms with van der Waals surface area (Å²) < 4.78 is 15.7. The summed E-state index contributed by atoms with van der Waals surface area (Å²) in [4.78, 5) is 0. The second kappa shape index (κ2) is 3.76. The zero-order chi connectivity index (χ0) is 8.32. The van der Waals surface area contributed by atoms with E-state index in [0.717, 1.165) is 6.42 Å². The number of ether oxygens (including phenoxy) is 3. The van der Waals surface area contributed by atoms with Gasteiger partial charge in [-0.3, -0.25) is 0 Å². The van der Waals surface area contributed by atoms with Gasteiger partial charge in [0.05, 0.1) is 18.5 Å². The minimum Gasteiger partial charge on any atom is -0.380 e. The van der Waals surface area contributed by atoms with Crippen LogP contribution in [0.2, 0.25) is 0 Å². The number of thiol groups is 1. The molecule has 0 amide bonds. The molecular weight excluding hydrogens is 164 g/mol. The predicted molar refractivity (Wildman–Crippen MR) is 45.0 cm³/mol. The zero-order valence-corrected chi connectivity index (χ0v) is 7.77. The zero-order valence-electron chi connectivity index (χ0n) is 6.87. The fraction of sp³-hybridized carbons (Fsp3) is 1.00. The van der Waals surface area contributed by atoms with Gasteiger partial charge in [0.25, 0.3) is 0 Å². The molecule has 0 N–H and O–H groups in total. The van der Waals surface area contributed by atoms with Crippen molar-refractivity contribution in [3.63, 3.8) is 0 Å². The standard InChI is InChI=1S/C7H14O3S/c1-8-7(9-2)3-4-10-5-6(7)11/h6,11H,3-5H2,1-2H3. The fourth-order valence-electron chi connectivity index (χ4n) is 1.26. The Morgan fingerprint density at radius 2 is 2.09 bits per heavy atom. The molecule has 0 aliphatic carbocycles. The monoisotopic (exact) mass is 178 g/mol. The molecular formula is C7H14O3S. The summed E-state index contributed by atoms with van der Waals surface area (Å²) in [6.45, 7) is 1.27. The first kappa shape index (κ1) is 9.32. The first-order valence-corrected chi connectivity index (χ1v) is 4.13. The summed E-state index contributed by atoms with van der Waals surface area (Å²) in [5.41, 5.74) is 0. The molecule has 4 heteroatoms. The van der Waals surface area contributed by atoms with Crippen molar-refractivity contribution in [3.05, 3.63) is 0 Å². The van der Waals surface area contributed by atoms with Gasteiger partial charge in [0, 0.05) is 20.6 Å². The Labute approximate surface area is 72.4 Å². The van der Waals surface area contributed by atoms with Gasteiger partial charge in [0.2, 0.25) is 0 Å². The molecule has 0 aromatic heterocycles. The van der Waals surface area contributed by atoms with Gasteiger partial charge < -0.3 is 14.2 Å². The van der Waals surface area contributed by atoms with E-state index in [1.807, 2.05) is 0 Å². The molecule has 0 saturated carbocycles. The van der Waals surface area contributed by atoms with Crippen molar-refractivity contribution in [2.75, 3.05) is 27.4 Å². The number of methoxy groups -OCH3 is 2. The smallest absolute Gasteiger partial charge is 0.183 e. The van der Waals surface area contributed by atoms with Crippen LogP contribution in [0.1, 0.15) is 6.42 Å². The van der Waals surface area contributed by atoms with E-state index in [1.165, 1.54) is 0 Å². The first-order valence-electron chi connectivity index (χ1n) is 3.61. The Hall–Kier alpha value is 0.230. The molecule has 0 aromatic rings. The highest BCUT2D eigenvalue weighted by Crippen LogP contribution is 2.28. The minimum absolute atomic E-state index is 0.00579. The van der Waals surface area contributed by atoms with E-state index in [2.05, 4.69) is 12.6 Å². The van der Waals surface area contributed by atoms with Crippen molar-refractivity contribution in [2.24, 2.45) is 0 Å². The van der Waals surface area contributed by atoms with E-state index in [1.54, 1.807) is 14.2 Å². The minimum atomic E-state index is -0.540. The van der Waals surface area contributed by atoms with Crippen LogP contribution in [0, 0.1) is 0 Å². The lowest BCUT2D eigenvalue weighted by molar-refractivity contribution is -0.237. The molecule has 0 spiro atoms. The van der Waals surface area contributed by atoms with Gasteiger partial charge in [-0.1, -0.05) is 0 Å². The second-order valence-corrected chi connectivity index (χ2v) is 3.18. The molecule has 1 fully saturated rings. The van der Waals surface area contributed by atoms with E-state index in [-0.39, 0.29) is 5.25 Å². The molecule has 0 aromatic carbocycles. The molecule has 1 heterocycles. The fourth-order valence-corrected chi connectivity index (χ4v) is 1.71. The Bertz CT molecular complexity index is 125. The van der Waals surface area contributed by atoms with Gasteiger partial charge in [-0.15, -0.1) is 0 Å². The maximum atomic E-state index is 5.26. The molecule has 11 heavy (non-hydrogen) atoms. The predicted octanol–water partition coefficient (Wildman–Crippen LogP) is 0.694. The second-order valence-electron chi connectivity index (χ2n) is 2.56. The Morgan fingerprint density at radius 1 is 1.45 bits per heavy atom. The third kappa shape index (κ3) is 1.69. The quantitative estimate of drug-likeness (QED) is 0.498. The number of hydrogen-bond acceptors (Lipinski definition) is 4. The molecule has 1 rings (SSSR count). The number of hydrogen-bond donors (Lipinski definition) is 1. The van der Waals surface area contributed by atoms with Crippen molar-refractivity contribution >= 4 is 12.6 Å². The van der Waals surface area contributed by atoms with Crippen LogP contribution in [0.3, 0.4) is 0 Å². The van der Waals surface area contributed by atoms with Crippen molar-refractivity contribution in [1.29, 1.82) is 0 Å². The summed E-state index contributed by atoms with van der Waals surface area (Å²) in [7, 11) is 3.27. The molecule has 1 aliphatic rings. The van der Waals surface area contributed by atoms with E-state index in [0.29, 0.717) is 13.2 Å². The average Bonchev–Trinajstić information content (AvgIpc) is 2.06. The molecule has 66 valence electrons. The summed E-state index contributed by atoms with van der Waals surface area (Å²) in [6.07, 6.45) is 0.744. The van der Waals surface area contributed by atoms with Gasteiger partial charge in [-0.05, 0) is 0 Å². The van der Waals surface area contributed by atoms with Crippen molar-refractivity contribution < 1.29 is 14.2 Å². The van der Waals surface area contributed by atoms with Gasteiger partial charge in [-0.25, -0.2) is 0 Å². The highest BCUT2D eigenvalue weighted by atomic mass is 32.1. The van der Waals surface area contributed by atoms with E-state index in [4.69, 9.17) is 14.2 Å². The Morgan fingerprint density at radius 3 is 2.45 bits per heavy atom. The lowest BCUT2D eigenvalue weighted by Gasteiger charge is -2.38. The van der Waals surface area contributed by atoms with Gasteiger partial charge in [-0.2, -0.15) is 12.6 Å². The van der Waals surface area contributed by atoms with Crippen LogP contribution in [0.4, 0.5) is 0 Å². The highest BCUT2D eigenvalue weighted by molar-refractivity contribution is 7.81. The molecule has 3 nitrogen and oxygen atoms in total. The maximum Gasteiger partial charge on any atom is 0.183 e. The molecule has 1 atom stereocenters. The molecule has 1 aliphatic heterocycles. The summed E-state index contributed by atoms with van der Waals surface area (Å²) >= 11 is 4.33.